The number of aryl methyl sites for hydroxylation is 1. The van der Waals surface area contributed by atoms with E-state index in [0.717, 1.165) is 28.3 Å². The van der Waals surface area contributed by atoms with Gasteiger partial charge < -0.3 is 5.73 Å². The van der Waals surface area contributed by atoms with Crippen molar-refractivity contribution < 1.29 is 0 Å². The first-order chi connectivity index (χ1) is 10.2. The molecule has 1 aromatic carbocycles. The molecule has 0 amide bonds. The molecule has 0 saturated heterocycles. The molecular formula is C17H16N4. The molecule has 0 bridgehead atoms. The first kappa shape index (κ1) is 13.2. The van der Waals surface area contributed by atoms with Gasteiger partial charge in [0.1, 0.15) is 5.82 Å². The van der Waals surface area contributed by atoms with Crippen LogP contribution in [0.4, 0.5) is 5.69 Å². The summed E-state index contributed by atoms with van der Waals surface area (Å²) in [6, 6.07) is 11.7. The van der Waals surface area contributed by atoms with E-state index >= 15 is 0 Å². The van der Waals surface area contributed by atoms with Gasteiger partial charge in [-0.15, -0.1) is 0 Å². The standard InChI is InChI=1S/C17H16N4/c1-12-4-5-15(18)9-14(12)10-17-20-8-6-16(21-17)13-3-2-7-19-11-13/h2-9,11H,10,18H2,1H3. The number of benzene rings is 1. The minimum atomic E-state index is 0.672. The average Bonchev–Trinajstić information content (AvgIpc) is 2.52. The molecule has 0 aliphatic rings. The maximum absolute atomic E-state index is 5.85. The smallest absolute Gasteiger partial charge is 0.133 e. The van der Waals surface area contributed by atoms with Gasteiger partial charge in [-0.05, 0) is 48.4 Å². The van der Waals surface area contributed by atoms with Gasteiger partial charge >= 0.3 is 0 Å². The highest BCUT2D eigenvalue weighted by Gasteiger charge is 2.06. The summed E-state index contributed by atoms with van der Waals surface area (Å²) in [5.74, 6) is 0.782. The molecule has 104 valence electrons. The molecule has 2 aromatic heterocycles. The Labute approximate surface area is 123 Å². The van der Waals surface area contributed by atoms with Crippen LogP contribution in [0.3, 0.4) is 0 Å². The van der Waals surface area contributed by atoms with E-state index in [9.17, 15) is 0 Å². The zero-order chi connectivity index (χ0) is 14.7. The van der Waals surface area contributed by atoms with Crippen molar-refractivity contribution in [2.45, 2.75) is 13.3 Å². The van der Waals surface area contributed by atoms with Gasteiger partial charge in [-0.2, -0.15) is 0 Å². The lowest BCUT2D eigenvalue weighted by Gasteiger charge is -2.07. The summed E-state index contributed by atoms with van der Waals surface area (Å²) in [7, 11) is 0. The van der Waals surface area contributed by atoms with E-state index in [0.29, 0.717) is 6.42 Å². The molecule has 0 fully saturated rings. The van der Waals surface area contributed by atoms with Crippen molar-refractivity contribution >= 4 is 5.69 Å². The van der Waals surface area contributed by atoms with Crippen LogP contribution in [0.25, 0.3) is 11.3 Å². The van der Waals surface area contributed by atoms with E-state index in [1.807, 2.05) is 36.4 Å². The van der Waals surface area contributed by atoms with Crippen LogP contribution in [-0.2, 0) is 6.42 Å². The Morgan fingerprint density at radius 1 is 1.10 bits per heavy atom. The molecule has 4 heteroatoms. The summed E-state index contributed by atoms with van der Waals surface area (Å²) in [6.45, 7) is 2.07. The van der Waals surface area contributed by atoms with E-state index in [-0.39, 0.29) is 0 Å². The molecule has 0 aliphatic carbocycles. The SMILES string of the molecule is Cc1ccc(N)cc1Cc1nccc(-c2cccnc2)n1. The maximum Gasteiger partial charge on any atom is 0.133 e. The molecule has 0 unspecified atom stereocenters. The molecule has 21 heavy (non-hydrogen) atoms. The third kappa shape index (κ3) is 3.05. The van der Waals surface area contributed by atoms with Crippen molar-refractivity contribution in [1.29, 1.82) is 0 Å². The van der Waals surface area contributed by atoms with E-state index < -0.39 is 0 Å². The molecule has 0 atom stereocenters. The maximum atomic E-state index is 5.85. The third-order valence-corrected chi connectivity index (χ3v) is 3.38. The Morgan fingerprint density at radius 2 is 2.00 bits per heavy atom. The lowest BCUT2D eigenvalue weighted by atomic mass is 10.0. The lowest BCUT2D eigenvalue weighted by Crippen LogP contribution is -2.00. The Hall–Kier alpha value is -2.75. The average molecular weight is 276 g/mol. The normalized spacial score (nSPS) is 10.5. The second-order valence-corrected chi connectivity index (χ2v) is 4.96. The van der Waals surface area contributed by atoms with Crippen molar-refractivity contribution in [3.8, 4) is 11.3 Å². The number of hydrogen-bond acceptors (Lipinski definition) is 4. The van der Waals surface area contributed by atoms with Gasteiger partial charge in [0.25, 0.3) is 0 Å². The summed E-state index contributed by atoms with van der Waals surface area (Å²) in [5, 5.41) is 0. The highest BCUT2D eigenvalue weighted by molar-refractivity contribution is 5.57. The quantitative estimate of drug-likeness (QED) is 0.747. The number of pyridine rings is 1. The van der Waals surface area contributed by atoms with Crippen molar-refractivity contribution in [3.63, 3.8) is 0 Å². The molecule has 0 aliphatic heterocycles. The number of nitrogen functional groups attached to an aromatic ring is 1. The number of nitrogens with zero attached hydrogens (tertiary/aromatic N) is 3. The van der Waals surface area contributed by atoms with Crippen molar-refractivity contribution in [2.75, 3.05) is 5.73 Å². The van der Waals surface area contributed by atoms with Crippen LogP contribution in [0.15, 0.2) is 55.0 Å². The number of rotatable bonds is 3. The Kier molecular flexibility index (Phi) is 3.60. The fourth-order valence-corrected chi connectivity index (χ4v) is 2.21. The molecule has 3 aromatic rings. The van der Waals surface area contributed by atoms with Gasteiger partial charge in [-0.1, -0.05) is 6.07 Å². The van der Waals surface area contributed by atoms with Gasteiger partial charge in [0, 0.05) is 36.3 Å². The minimum Gasteiger partial charge on any atom is -0.399 e. The number of anilines is 1. The molecule has 0 radical (unpaired) electrons. The molecule has 0 saturated carbocycles. The zero-order valence-corrected chi connectivity index (χ0v) is 11.8. The van der Waals surface area contributed by atoms with Crippen molar-refractivity contribution in [1.82, 2.24) is 15.0 Å². The summed E-state index contributed by atoms with van der Waals surface area (Å²) < 4.78 is 0. The second-order valence-electron chi connectivity index (χ2n) is 4.96. The molecule has 0 spiro atoms. The monoisotopic (exact) mass is 276 g/mol. The number of nitrogens with two attached hydrogens (primary N) is 1. The number of hydrogen-bond donors (Lipinski definition) is 1. The van der Waals surface area contributed by atoms with E-state index in [2.05, 4.69) is 21.9 Å². The molecule has 2 N–H and O–H groups in total. The highest BCUT2D eigenvalue weighted by Crippen LogP contribution is 2.18. The van der Waals surface area contributed by atoms with Crippen LogP contribution in [0.1, 0.15) is 17.0 Å². The van der Waals surface area contributed by atoms with Gasteiger partial charge in [0.05, 0.1) is 5.69 Å². The third-order valence-electron chi connectivity index (χ3n) is 3.38. The predicted octanol–water partition coefficient (Wildman–Crippen LogP) is 3.02. The van der Waals surface area contributed by atoms with Gasteiger partial charge in [-0.3, -0.25) is 4.98 Å². The molecule has 2 heterocycles. The Bertz CT molecular complexity index is 754. The van der Waals surface area contributed by atoms with Crippen LogP contribution < -0.4 is 5.73 Å². The van der Waals surface area contributed by atoms with Crippen molar-refractivity contribution in [3.05, 3.63) is 71.9 Å². The first-order valence-electron chi connectivity index (χ1n) is 6.80. The molecule has 4 nitrogen and oxygen atoms in total. The summed E-state index contributed by atoms with van der Waals surface area (Å²) in [4.78, 5) is 13.1. The minimum absolute atomic E-state index is 0.672. The predicted molar refractivity (Wildman–Crippen MR) is 83.7 cm³/mol. The first-order valence-corrected chi connectivity index (χ1v) is 6.80. The topological polar surface area (TPSA) is 64.7 Å². The largest absolute Gasteiger partial charge is 0.399 e. The fraction of sp³-hybridized carbons (Fsp3) is 0.118. The van der Waals surface area contributed by atoms with Crippen LogP contribution >= 0.6 is 0 Å². The summed E-state index contributed by atoms with van der Waals surface area (Å²) in [6.07, 6.45) is 6.01. The van der Waals surface area contributed by atoms with Crippen LogP contribution in [-0.4, -0.2) is 15.0 Å². The van der Waals surface area contributed by atoms with E-state index in [1.165, 1.54) is 5.56 Å². The summed E-state index contributed by atoms with van der Waals surface area (Å²) >= 11 is 0. The highest BCUT2D eigenvalue weighted by atomic mass is 14.9. The Morgan fingerprint density at radius 3 is 2.81 bits per heavy atom. The molecular weight excluding hydrogens is 260 g/mol. The van der Waals surface area contributed by atoms with Gasteiger partial charge in [0.2, 0.25) is 0 Å². The van der Waals surface area contributed by atoms with Gasteiger partial charge in [0.15, 0.2) is 0 Å². The summed E-state index contributed by atoms with van der Waals surface area (Å²) in [5.41, 5.74) is 10.8. The van der Waals surface area contributed by atoms with Crippen LogP contribution in [0.5, 0.6) is 0 Å². The van der Waals surface area contributed by atoms with Crippen LogP contribution in [0.2, 0.25) is 0 Å². The zero-order valence-electron chi connectivity index (χ0n) is 11.8. The van der Waals surface area contributed by atoms with E-state index in [4.69, 9.17) is 5.73 Å². The van der Waals surface area contributed by atoms with Gasteiger partial charge in [-0.25, -0.2) is 9.97 Å². The second kappa shape index (κ2) is 5.71. The molecule has 3 rings (SSSR count). The van der Waals surface area contributed by atoms with E-state index in [1.54, 1.807) is 18.6 Å². The van der Waals surface area contributed by atoms with Crippen molar-refractivity contribution in [2.24, 2.45) is 0 Å². The lowest BCUT2D eigenvalue weighted by molar-refractivity contribution is 0.964. The Balaban J connectivity index is 1.92. The van der Waals surface area contributed by atoms with Crippen LogP contribution in [0, 0.1) is 6.92 Å². The number of aromatic nitrogens is 3. The fourth-order valence-electron chi connectivity index (χ4n) is 2.21.